The van der Waals surface area contributed by atoms with E-state index >= 15 is 0 Å². The van der Waals surface area contributed by atoms with E-state index in [-0.39, 0.29) is 17.5 Å². The molecule has 0 spiro atoms. The minimum atomic E-state index is -0.332. The first kappa shape index (κ1) is 14.8. The van der Waals surface area contributed by atoms with E-state index in [1.807, 2.05) is 11.2 Å². The minimum Gasteiger partial charge on any atom is -0.338 e. The van der Waals surface area contributed by atoms with Gasteiger partial charge in [0.25, 0.3) is 0 Å². The molecule has 1 amide bonds. The number of rotatable bonds is 4. The number of piperazine rings is 1. The summed E-state index contributed by atoms with van der Waals surface area (Å²) in [4.78, 5) is 16.4. The number of amides is 1. The molecule has 4 nitrogen and oxygen atoms in total. The van der Waals surface area contributed by atoms with Crippen molar-refractivity contribution in [1.82, 2.24) is 9.80 Å². The molecule has 0 aromatic carbocycles. The Balaban J connectivity index is 2.53. The Hall–Kier alpha value is -0.260. The van der Waals surface area contributed by atoms with Crippen molar-refractivity contribution < 1.29 is 4.79 Å². The standard InChI is InChI=1S/C12H25N3OS/c1-12(2)9-15(7-6-14(12)3)11(16)10(13)5-8-17-4/h10H,5-9,13H2,1-4H3/t10-/m1/s1. The summed E-state index contributed by atoms with van der Waals surface area (Å²) in [5.41, 5.74) is 5.99. The van der Waals surface area contributed by atoms with Crippen molar-refractivity contribution in [3.05, 3.63) is 0 Å². The maximum atomic E-state index is 12.2. The van der Waals surface area contributed by atoms with E-state index in [4.69, 9.17) is 5.73 Å². The van der Waals surface area contributed by atoms with E-state index in [9.17, 15) is 4.79 Å². The van der Waals surface area contributed by atoms with Crippen molar-refractivity contribution in [2.45, 2.75) is 31.8 Å². The van der Waals surface area contributed by atoms with E-state index in [0.717, 1.165) is 31.8 Å². The molecule has 0 bridgehead atoms. The molecule has 1 fully saturated rings. The van der Waals surface area contributed by atoms with Crippen LogP contribution in [0.1, 0.15) is 20.3 Å². The molecule has 0 radical (unpaired) electrons. The van der Waals surface area contributed by atoms with Crippen molar-refractivity contribution in [3.63, 3.8) is 0 Å². The second-order valence-electron chi connectivity index (χ2n) is 5.38. The molecule has 1 rings (SSSR count). The fourth-order valence-electron chi connectivity index (χ4n) is 2.03. The normalized spacial score (nSPS) is 22.5. The third kappa shape index (κ3) is 3.86. The number of hydrogen-bond donors (Lipinski definition) is 1. The molecule has 1 aliphatic rings. The van der Waals surface area contributed by atoms with Crippen LogP contribution in [-0.2, 0) is 4.79 Å². The monoisotopic (exact) mass is 259 g/mol. The lowest BCUT2D eigenvalue weighted by Gasteiger charge is -2.45. The highest BCUT2D eigenvalue weighted by atomic mass is 32.2. The smallest absolute Gasteiger partial charge is 0.239 e. The summed E-state index contributed by atoms with van der Waals surface area (Å²) in [5.74, 6) is 1.06. The van der Waals surface area contributed by atoms with Crippen LogP contribution >= 0.6 is 11.8 Å². The number of nitrogens with two attached hydrogens (primary N) is 1. The first-order valence-electron chi connectivity index (χ1n) is 6.13. The van der Waals surface area contributed by atoms with Crippen molar-refractivity contribution in [2.24, 2.45) is 5.73 Å². The van der Waals surface area contributed by atoms with E-state index in [1.54, 1.807) is 11.8 Å². The Labute approximate surface area is 109 Å². The van der Waals surface area contributed by atoms with Gasteiger partial charge in [0.2, 0.25) is 5.91 Å². The average Bonchev–Trinajstić information content (AvgIpc) is 2.28. The summed E-state index contributed by atoms with van der Waals surface area (Å²) in [6.07, 6.45) is 2.81. The lowest BCUT2D eigenvalue weighted by molar-refractivity contribution is -0.137. The molecule has 0 unspecified atom stereocenters. The van der Waals surface area contributed by atoms with E-state index in [1.165, 1.54) is 0 Å². The van der Waals surface area contributed by atoms with Crippen LogP contribution in [0.2, 0.25) is 0 Å². The largest absolute Gasteiger partial charge is 0.338 e. The van der Waals surface area contributed by atoms with Crippen LogP contribution in [0.3, 0.4) is 0 Å². The molecule has 0 aliphatic carbocycles. The van der Waals surface area contributed by atoms with Gasteiger partial charge in [-0.25, -0.2) is 0 Å². The van der Waals surface area contributed by atoms with Crippen LogP contribution < -0.4 is 5.73 Å². The maximum absolute atomic E-state index is 12.2. The Morgan fingerprint density at radius 1 is 1.47 bits per heavy atom. The molecule has 1 atom stereocenters. The van der Waals surface area contributed by atoms with Gasteiger partial charge in [-0.05, 0) is 39.3 Å². The summed E-state index contributed by atoms with van der Waals surface area (Å²) in [6.45, 7) is 6.83. The molecule has 0 aromatic heterocycles. The molecule has 1 aliphatic heterocycles. The molecular weight excluding hydrogens is 234 g/mol. The fourth-order valence-corrected chi connectivity index (χ4v) is 2.52. The zero-order valence-corrected chi connectivity index (χ0v) is 12.2. The van der Waals surface area contributed by atoms with Gasteiger partial charge in [-0.3, -0.25) is 9.69 Å². The molecule has 2 N–H and O–H groups in total. The van der Waals surface area contributed by atoms with E-state index in [0.29, 0.717) is 0 Å². The Morgan fingerprint density at radius 3 is 2.65 bits per heavy atom. The van der Waals surface area contributed by atoms with Crippen molar-refractivity contribution in [3.8, 4) is 0 Å². The second kappa shape index (κ2) is 6.07. The Kier molecular flexibility index (Phi) is 5.28. The SMILES string of the molecule is CSCC[C@@H](N)C(=O)N1CCN(C)C(C)(C)C1. The van der Waals surface area contributed by atoms with Gasteiger partial charge in [0, 0.05) is 25.2 Å². The molecule has 5 heteroatoms. The maximum Gasteiger partial charge on any atom is 0.239 e. The summed E-state index contributed by atoms with van der Waals surface area (Å²) in [5, 5.41) is 0. The number of carbonyl (C=O) groups excluding carboxylic acids is 1. The quantitative estimate of drug-likeness (QED) is 0.804. The molecular formula is C12H25N3OS. The Bertz CT molecular complexity index is 270. The fraction of sp³-hybridized carbons (Fsp3) is 0.917. The van der Waals surface area contributed by atoms with Gasteiger partial charge in [0.05, 0.1) is 6.04 Å². The predicted molar refractivity (Wildman–Crippen MR) is 74.3 cm³/mol. The van der Waals surface area contributed by atoms with Crippen LogP contribution in [-0.4, -0.2) is 66.0 Å². The van der Waals surface area contributed by atoms with Gasteiger partial charge < -0.3 is 10.6 Å². The van der Waals surface area contributed by atoms with Crippen molar-refractivity contribution >= 4 is 17.7 Å². The number of carbonyl (C=O) groups is 1. The highest BCUT2D eigenvalue weighted by Gasteiger charge is 2.34. The second-order valence-corrected chi connectivity index (χ2v) is 6.37. The molecule has 17 heavy (non-hydrogen) atoms. The van der Waals surface area contributed by atoms with Gasteiger partial charge in [-0.2, -0.15) is 11.8 Å². The Morgan fingerprint density at radius 2 is 2.12 bits per heavy atom. The topological polar surface area (TPSA) is 49.6 Å². The van der Waals surface area contributed by atoms with Gasteiger partial charge in [-0.1, -0.05) is 0 Å². The molecule has 0 saturated carbocycles. The molecule has 0 aromatic rings. The minimum absolute atomic E-state index is 0.0487. The van der Waals surface area contributed by atoms with E-state index in [2.05, 4.69) is 25.8 Å². The van der Waals surface area contributed by atoms with Gasteiger partial charge in [-0.15, -0.1) is 0 Å². The van der Waals surface area contributed by atoms with Gasteiger partial charge in [0.1, 0.15) is 0 Å². The molecule has 100 valence electrons. The summed E-state index contributed by atoms with van der Waals surface area (Å²) >= 11 is 1.74. The number of likely N-dealkylation sites (N-methyl/N-ethyl adjacent to an activating group) is 1. The zero-order chi connectivity index (χ0) is 13.1. The van der Waals surface area contributed by atoms with Crippen molar-refractivity contribution in [1.29, 1.82) is 0 Å². The van der Waals surface area contributed by atoms with Crippen LogP contribution in [0.15, 0.2) is 0 Å². The summed E-state index contributed by atoms with van der Waals surface area (Å²) in [7, 11) is 2.11. The van der Waals surface area contributed by atoms with Crippen molar-refractivity contribution in [2.75, 3.05) is 38.7 Å². The highest BCUT2D eigenvalue weighted by molar-refractivity contribution is 7.98. The lowest BCUT2D eigenvalue weighted by Crippen LogP contribution is -2.61. The van der Waals surface area contributed by atoms with Crippen LogP contribution in [0.5, 0.6) is 0 Å². The van der Waals surface area contributed by atoms with Gasteiger partial charge in [0.15, 0.2) is 0 Å². The number of hydrogen-bond acceptors (Lipinski definition) is 4. The first-order valence-corrected chi connectivity index (χ1v) is 7.52. The highest BCUT2D eigenvalue weighted by Crippen LogP contribution is 2.19. The number of nitrogens with zero attached hydrogens (tertiary/aromatic N) is 2. The van der Waals surface area contributed by atoms with Crippen LogP contribution in [0, 0.1) is 0 Å². The van der Waals surface area contributed by atoms with Crippen LogP contribution in [0.25, 0.3) is 0 Å². The third-order valence-corrected chi connectivity index (χ3v) is 4.22. The van der Waals surface area contributed by atoms with Gasteiger partial charge >= 0.3 is 0 Å². The first-order chi connectivity index (χ1) is 7.88. The summed E-state index contributed by atoms with van der Waals surface area (Å²) in [6, 6.07) is -0.332. The van der Waals surface area contributed by atoms with Crippen LogP contribution in [0.4, 0.5) is 0 Å². The summed E-state index contributed by atoms with van der Waals surface area (Å²) < 4.78 is 0. The predicted octanol–water partition coefficient (Wildman–Crippen LogP) is 0.619. The molecule has 1 heterocycles. The third-order valence-electron chi connectivity index (χ3n) is 3.58. The average molecular weight is 259 g/mol. The van der Waals surface area contributed by atoms with E-state index < -0.39 is 0 Å². The lowest BCUT2D eigenvalue weighted by atomic mass is 9.99. The molecule has 1 saturated heterocycles. The number of thioether (sulfide) groups is 1. The zero-order valence-electron chi connectivity index (χ0n) is 11.4.